The molecule has 0 unspecified atom stereocenters. The molecule has 0 radical (unpaired) electrons. The van der Waals surface area contributed by atoms with E-state index in [9.17, 15) is 5.26 Å². The first kappa shape index (κ1) is 19.4. The van der Waals surface area contributed by atoms with Crippen molar-refractivity contribution in [1.82, 2.24) is 0 Å². The molecule has 0 atom stereocenters. The van der Waals surface area contributed by atoms with Crippen LogP contribution in [0.15, 0.2) is 89.5 Å². The van der Waals surface area contributed by atoms with Crippen molar-refractivity contribution in [1.29, 1.82) is 5.26 Å². The van der Waals surface area contributed by atoms with Gasteiger partial charge in [0.2, 0.25) is 5.69 Å². The number of nitrogens with zero attached hydrogens (tertiary/aromatic N) is 2. The summed E-state index contributed by atoms with van der Waals surface area (Å²) >= 11 is 0. The average Bonchev–Trinajstić information content (AvgIpc) is 3.46. The number of hydrogen-bond donors (Lipinski definition) is 0. The van der Waals surface area contributed by atoms with Gasteiger partial charge in [0.25, 0.3) is 0 Å². The Kier molecular flexibility index (Phi) is 4.06. The predicted octanol–water partition coefficient (Wildman–Crippen LogP) is 8.54. The van der Waals surface area contributed by atoms with Gasteiger partial charge in [0.1, 0.15) is 19.6 Å². The van der Waals surface area contributed by atoms with Gasteiger partial charge >= 0.3 is 0 Å². The topological polar surface area (TPSA) is 40.8 Å². The summed E-state index contributed by atoms with van der Waals surface area (Å²) in [7, 11) is 1.71. The molecular formula is C36H29N2O+. The molecule has 0 aliphatic heterocycles. The van der Waals surface area contributed by atoms with Crippen LogP contribution in [0.1, 0.15) is 47.1 Å². The first-order valence-corrected chi connectivity index (χ1v) is 13.1. The molecule has 3 heteroatoms. The zero-order chi connectivity index (χ0) is 30.4. The highest BCUT2D eigenvalue weighted by atomic mass is 16.3. The Morgan fingerprint density at radius 3 is 2.41 bits per heavy atom. The zero-order valence-electron chi connectivity index (χ0n) is 26.3. The Labute approximate surface area is 234 Å². The number of aryl methyl sites for hydroxylation is 2. The van der Waals surface area contributed by atoms with Gasteiger partial charge in [0, 0.05) is 37.5 Å². The lowest BCUT2D eigenvalue weighted by Gasteiger charge is -2.22. The second kappa shape index (κ2) is 8.16. The minimum Gasteiger partial charge on any atom is -0.454 e. The second-order valence-corrected chi connectivity index (χ2v) is 10.9. The van der Waals surface area contributed by atoms with Gasteiger partial charge in [-0.2, -0.15) is 5.26 Å². The van der Waals surface area contributed by atoms with E-state index in [2.05, 4.69) is 62.4 Å². The van der Waals surface area contributed by atoms with Crippen LogP contribution < -0.4 is 4.57 Å². The van der Waals surface area contributed by atoms with Crippen molar-refractivity contribution in [2.45, 2.75) is 33.0 Å². The van der Waals surface area contributed by atoms with E-state index in [1.807, 2.05) is 31.2 Å². The van der Waals surface area contributed by atoms with Gasteiger partial charge in [0.15, 0.2) is 6.17 Å². The Morgan fingerprint density at radius 2 is 1.62 bits per heavy atom. The maximum Gasteiger partial charge on any atom is 0.216 e. The van der Waals surface area contributed by atoms with E-state index in [1.165, 1.54) is 28.3 Å². The van der Waals surface area contributed by atoms with Crippen LogP contribution in [0.25, 0.3) is 55.4 Å². The first-order valence-electron chi connectivity index (χ1n) is 15.1. The lowest BCUT2D eigenvalue weighted by atomic mass is 9.81. The highest BCUT2D eigenvalue weighted by Crippen LogP contribution is 2.50. The van der Waals surface area contributed by atoms with Gasteiger partial charge in [-0.3, -0.25) is 0 Å². The van der Waals surface area contributed by atoms with Gasteiger partial charge in [-0.05, 0) is 71.4 Å². The SMILES string of the molecule is [2H]c1c(C([2H])([2H])[2H])ccc(-c2c(C)ccc3c2oc2c(-c4ccc5c(c4)C(C)(C)c4ccccc4-5)c(C#N)ccc23)[n+]1C. The fourth-order valence-electron chi connectivity index (χ4n) is 6.36. The van der Waals surface area contributed by atoms with E-state index in [1.54, 1.807) is 17.7 Å². The highest BCUT2D eigenvalue weighted by molar-refractivity contribution is 6.14. The molecule has 1 aliphatic rings. The number of benzene rings is 4. The number of aromatic nitrogens is 1. The van der Waals surface area contributed by atoms with Crippen LogP contribution >= 0.6 is 0 Å². The molecule has 2 heterocycles. The van der Waals surface area contributed by atoms with E-state index in [0.717, 1.165) is 33.0 Å². The smallest absolute Gasteiger partial charge is 0.216 e. The molecule has 2 aromatic heterocycles. The predicted molar refractivity (Wildman–Crippen MR) is 158 cm³/mol. The normalized spacial score (nSPS) is 15.3. The lowest BCUT2D eigenvalue weighted by Crippen LogP contribution is -2.31. The van der Waals surface area contributed by atoms with Gasteiger partial charge in [-0.1, -0.05) is 62.4 Å². The number of hydrogen-bond acceptors (Lipinski definition) is 2. The Bertz CT molecular complexity index is 2200. The molecule has 0 saturated carbocycles. The van der Waals surface area contributed by atoms with Crippen molar-refractivity contribution in [3.63, 3.8) is 0 Å². The molecular weight excluding hydrogens is 476 g/mol. The summed E-state index contributed by atoms with van der Waals surface area (Å²) in [4.78, 5) is 0. The second-order valence-electron chi connectivity index (χ2n) is 10.9. The van der Waals surface area contributed by atoms with Crippen LogP contribution in [0.5, 0.6) is 0 Å². The van der Waals surface area contributed by atoms with Crippen LogP contribution in [0.2, 0.25) is 0 Å². The largest absolute Gasteiger partial charge is 0.454 e. The summed E-state index contributed by atoms with van der Waals surface area (Å²) in [6, 6.07) is 28.4. The fraction of sp³-hybridized carbons (Fsp3) is 0.167. The number of furan rings is 1. The minimum absolute atomic E-state index is 0.00387. The van der Waals surface area contributed by atoms with E-state index in [4.69, 9.17) is 9.90 Å². The van der Waals surface area contributed by atoms with Crippen molar-refractivity contribution in [2.24, 2.45) is 7.05 Å². The van der Waals surface area contributed by atoms with Crippen LogP contribution in [-0.2, 0) is 12.5 Å². The van der Waals surface area contributed by atoms with Crippen molar-refractivity contribution in [3.05, 3.63) is 113 Å². The van der Waals surface area contributed by atoms with Crippen LogP contribution in [0.4, 0.5) is 0 Å². The Hall–Kier alpha value is -4.68. The maximum absolute atomic E-state index is 10.2. The Balaban J connectivity index is 1.50. The quantitative estimate of drug-likeness (QED) is 0.219. The Morgan fingerprint density at radius 1 is 0.872 bits per heavy atom. The summed E-state index contributed by atoms with van der Waals surface area (Å²) < 4.78 is 40.5. The molecule has 0 amide bonds. The van der Waals surface area contributed by atoms with E-state index >= 15 is 0 Å². The zero-order valence-corrected chi connectivity index (χ0v) is 22.3. The molecule has 0 saturated heterocycles. The average molecular weight is 510 g/mol. The fourth-order valence-corrected chi connectivity index (χ4v) is 6.36. The summed E-state index contributed by atoms with van der Waals surface area (Å²) in [5.74, 6) is 0. The molecule has 0 bridgehead atoms. The maximum atomic E-state index is 10.2. The van der Waals surface area contributed by atoms with E-state index in [-0.39, 0.29) is 17.2 Å². The molecule has 6 aromatic rings. The molecule has 0 N–H and O–H groups in total. The monoisotopic (exact) mass is 509 g/mol. The van der Waals surface area contributed by atoms with Gasteiger partial charge in [-0.15, -0.1) is 0 Å². The van der Waals surface area contributed by atoms with Crippen LogP contribution in [0.3, 0.4) is 0 Å². The third-order valence-corrected chi connectivity index (χ3v) is 8.32. The van der Waals surface area contributed by atoms with Crippen LogP contribution in [-0.4, -0.2) is 0 Å². The van der Waals surface area contributed by atoms with Crippen molar-refractivity contribution < 1.29 is 14.5 Å². The van der Waals surface area contributed by atoms with Crippen molar-refractivity contribution in [3.8, 4) is 39.6 Å². The number of pyridine rings is 1. The van der Waals surface area contributed by atoms with Crippen LogP contribution in [0, 0.1) is 25.1 Å². The molecule has 4 aromatic carbocycles. The summed E-state index contributed by atoms with van der Waals surface area (Å²) in [5, 5.41) is 12.0. The van der Waals surface area contributed by atoms with Gasteiger partial charge in [0.05, 0.1) is 17.2 Å². The molecule has 0 fully saturated rings. The van der Waals surface area contributed by atoms with E-state index < -0.39 is 6.85 Å². The van der Waals surface area contributed by atoms with Crippen molar-refractivity contribution >= 4 is 21.9 Å². The molecule has 3 nitrogen and oxygen atoms in total. The standard InChI is InChI=1S/C36H29N2O/c1-21-10-17-31(38(5)20-21)32-22(2)11-14-27-28-16-13-24(19-37)33(35(28)39-34(27)32)23-12-15-26-25-8-6-7-9-29(25)36(3,4)30(26)18-23/h6-18,20H,1-5H3/q+1/i1D3,20D. The molecule has 0 spiro atoms. The van der Waals surface area contributed by atoms with Crippen molar-refractivity contribution in [2.75, 3.05) is 0 Å². The lowest BCUT2D eigenvalue weighted by molar-refractivity contribution is -0.660. The minimum atomic E-state index is -2.39. The summed E-state index contributed by atoms with van der Waals surface area (Å²) in [5.41, 5.74) is 10.6. The molecule has 188 valence electrons. The number of fused-ring (bicyclic) bond motifs is 6. The number of rotatable bonds is 2. The van der Waals surface area contributed by atoms with E-state index in [0.29, 0.717) is 22.4 Å². The first-order chi connectivity index (χ1) is 20.4. The molecule has 1 aliphatic carbocycles. The van der Waals surface area contributed by atoms with Gasteiger partial charge in [-0.25, -0.2) is 4.57 Å². The highest BCUT2D eigenvalue weighted by Gasteiger charge is 2.35. The third kappa shape index (κ3) is 3.25. The molecule has 39 heavy (non-hydrogen) atoms. The van der Waals surface area contributed by atoms with Gasteiger partial charge < -0.3 is 4.42 Å². The summed E-state index contributed by atoms with van der Waals surface area (Å²) in [6.07, 6.45) is -0.0702. The third-order valence-electron chi connectivity index (χ3n) is 8.32. The molecule has 7 rings (SSSR count). The summed E-state index contributed by atoms with van der Waals surface area (Å²) in [6.45, 7) is 4.07. The number of nitriles is 1.